The lowest BCUT2D eigenvalue weighted by Crippen LogP contribution is -2.63. The number of carbonyl (C=O) groups is 6. The number of nitrogens with two attached hydrogens (primary N) is 1. The number of nitrogens with zero attached hydrogens (tertiary/aromatic N) is 3. The summed E-state index contributed by atoms with van der Waals surface area (Å²) in [5.74, 6) is -3.16. The quantitative estimate of drug-likeness (QED) is 0.263. The van der Waals surface area contributed by atoms with Gasteiger partial charge in [-0.3, -0.25) is 28.8 Å². The van der Waals surface area contributed by atoms with Crippen LogP contribution in [0.1, 0.15) is 27.9 Å². The highest BCUT2D eigenvalue weighted by Crippen LogP contribution is 2.20. The molecule has 1 saturated heterocycles. The SMILES string of the molecule is COC(=O)CC1C(=O)N(CC(=O)OCC(=O)N(C)C)CCN1C(=O)[C@H](Cc1ccc(OC)cc1)NC(=O)c1ccc(CCN)cc1. The summed E-state index contributed by atoms with van der Waals surface area (Å²) in [6, 6.07) is 11.4. The highest BCUT2D eigenvalue weighted by molar-refractivity contribution is 5.99. The number of amides is 4. The van der Waals surface area contributed by atoms with Crippen molar-refractivity contribution in [2.24, 2.45) is 5.73 Å². The standard InChI is InChI=1S/C32H41N5O9/c1-35(2)27(38)20-46-29(40)19-36-15-16-37(26(32(36)43)18-28(39)45-4)31(42)25(17-22-7-11-24(44-3)12-8-22)34-30(41)23-9-5-21(6-10-23)13-14-33/h5-12,25-26H,13-20,33H2,1-4H3,(H,34,41)/t25-,26?/m0/s1. The van der Waals surface area contributed by atoms with Gasteiger partial charge in [-0.2, -0.15) is 0 Å². The molecule has 3 rings (SSSR count). The van der Waals surface area contributed by atoms with Gasteiger partial charge in [0.1, 0.15) is 24.4 Å². The normalized spacial score (nSPS) is 15.1. The summed E-state index contributed by atoms with van der Waals surface area (Å²) in [7, 11) is 5.71. The minimum atomic E-state index is -1.31. The van der Waals surface area contributed by atoms with Crippen molar-refractivity contribution >= 4 is 35.6 Å². The Morgan fingerprint density at radius 2 is 1.61 bits per heavy atom. The van der Waals surface area contributed by atoms with E-state index < -0.39 is 67.2 Å². The third kappa shape index (κ3) is 9.76. The Bertz CT molecular complexity index is 1400. The van der Waals surface area contributed by atoms with Crippen LogP contribution in [0.15, 0.2) is 48.5 Å². The smallest absolute Gasteiger partial charge is 0.326 e. The molecular weight excluding hydrogens is 598 g/mol. The second kappa shape index (κ2) is 16.9. The van der Waals surface area contributed by atoms with Crippen LogP contribution in [0.4, 0.5) is 0 Å². The Morgan fingerprint density at radius 3 is 2.20 bits per heavy atom. The van der Waals surface area contributed by atoms with Crippen LogP contribution in [0.3, 0.4) is 0 Å². The number of nitrogens with one attached hydrogen (secondary N) is 1. The van der Waals surface area contributed by atoms with E-state index in [1.165, 1.54) is 35.9 Å². The van der Waals surface area contributed by atoms with Crippen molar-refractivity contribution in [2.75, 3.05) is 61.1 Å². The lowest BCUT2D eigenvalue weighted by Gasteiger charge is -2.41. The molecule has 1 unspecified atom stereocenters. The lowest BCUT2D eigenvalue weighted by atomic mass is 10.0. The predicted molar refractivity (Wildman–Crippen MR) is 166 cm³/mol. The van der Waals surface area contributed by atoms with Crippen molar-refractivity contribution in [1.82, 2.24) is 20.0 Å². The van der Waals surface area contributed by atoms with E-state index in [0.717, 1.165) is 12.7 Å². The van der Waals surface area contributed by atoms with Crippen molar-refractivity contribution in [3.05, 3.63) is 65.2 Å². The molecule has 1 aliphatic heterocycles. The average Bonchev–Trinajstić information content (AvgIpc) is 3.05. The number of likely N-dealkylation sites (N-methyl/N-ethyl adjacent to an activating group) is 1. The molecule has 46 heavy (non-hydrogen) atoms. The molecule has 0 aromatic heterocycles. The summed E-state index contributed by atoms with van der Waals surface area (Å²) in [6.07, 6.45) is 0.247. The maximum Gasteiger partial charge on any atom is 0.326 e. The molecule has 2 aromatic carbocycles. The minimum Gasteiger partial charge on any atom is -0.497 e. The molecule has 0 radical (unpaired) electrons. The van der Waals surface area contributed by atoms with Gasteiger partial charge < -0.3 is 40.0 Å². The van der Waals surface area contributed by atoms with E-state index in [9.17, 15) is 28.8 Å². The molecule has 0 saturated carbocycles. The fourth-order valence-corrected chi connectivity index (χ4v) is 4.80. The first kappa shape index (κ1) is 35.5. The van der Waals surface area contributed by atoms with E-state index in [1.54, 1.807) is 48.5 Å². The molecule has 2 atom stereocenters. The zero-order valence-corrected chi connectivity index (χ0v) is 26.5. The van der Waals surface area contributed by atoms with E-state index in [4.69, 9.17) is 19.9 Å². The average molecular weight is 640 g/mol. The van der Waals surface area contributed by atoms with Gasteiger partial charge in [0.2, 0.25) is 11.8 Å². The van der Waals surface area contributed by atoms with E-state index in [2.05, 4.69) is 5.32 Å². The summed E-state index contributed by atoms with van der Waals surface area (Å²) in [5.41, 5.74) is 7.62. The van der Waals surface area contributed by atoms with Crippen LogP contribution >= 0.6 is 0 Å². The molecule has 1 aliphatic rings. The van der Waals surface area contributed by atoms with Gasteiger partial charge in [-0.15, -0.1) is 0 Å². The predicted octanol–water partition coefficient (Wildman–Crippen LogP) is -0.229. The first-order valence-electron chi connectivity index (χ1n) is 14.7. The molecule has 0 spiro atoms. The van der Waals surface area contributed by atoms with Gasteiger partial charge in [-0.1, -0.05) is 24.3 Å². The van der Waals surface area contributed by atoms with Gasteiger partial charge in [-0.25, -0.2) is 0 Å². The van der Waals surface area contributed by atoms with Crippen molar-refractivity contribution in [3.8, 4) is 5.75 Å². The topological polar surface area (TPSA) is 178 Å². The van der Waals surface area contributed by atoms with Crippen molar-refractivity contribution in [3.63, 3.8) is 0 Å². The molecule has 4 amide bonds. The highest BCUT2D eigenvalue weighted by atomic mass is 16.5. The summed E-state index contributed by atoms with van der Waals surface area (Å²) in [6.45, 7) is -0.609. The van der Waals surface area contributed by atoms with Gasteiger partial charge in [0, 0.05) is 39.2 Å². The molecule has 0 aliphatic carbocycles. The van der Waals surface area contributed by atoms with Crippen molar-refractivity contribution < 1.29 is 43.0 Å². The van der Waals surface area contributed by atoms with Crippen molar-refractivity contribution in [2.45, 2.75) is 31.3 Å². The van der Waals surface area contributed by atoms with E-state index in [0.29, 0.717) is 29.8 Å². The zero-order valence-electron chi connectivity index (χ0n) is 26.5. The van der Waals surface area contributed by atoms with E-state index in [1.807, 2.05) is 0 Å². The van der Waals surface area contributed by atoms with Gasteiger partial charge in [0.05, 0.1) is 20.6 Å². The number of hydrogen-bond donors (Lipinski definition) is 2. The first-order valence-corrected chi connectivity index (χ1v) is 14.7. The number of methoxy groups -OCH3 is 2. The fraction of sp³-hybridized carbons (Fsp3) is 0.438. The molecule has 14 nitrogen and oxygen atoms in total. The van der Waals surface area contributed by atoms with Crippen LogP contribution in [0, 0.1) is 0 Å². The summed E-state index contributed by atoms with van der Waals surface area (Å²) >= 11 is 0. The maximum atomic E-state index is 14.1. The van der Waals surface area contributed by atoms with Crippen LogP contribution in [0.2, 0.25) is 0 Å². The van der Waals surface area contributed by atoms with Crippen LogP contribution in [0.25, 0.3) is 0 Å². The number of carbonyl (C=O) groups excluding carboxylic acids is 6. The lowest BCUT2D eigenvalue weighted by molar-refractivity contribution is -0.161. The number of esters is 2. The maximum absolute atomic E-state index is 14.1. The van der Waals surface area contributed by atoms with Crippen LogP contribution < -0.4 is 15.8 Å². The van der Waals surface area contributed by atoms with Gasteiger partial charge in [-0.05, 0) is 48.4 Å². The molecular formula is C32H41N5O9. The second-order valence-electron chi connectivity index (χ2n) is 10.9. The summed E-state index contributed by atoms with van der Waals surface area (Å²) in [4.78, 5) is 81.3. The molecule has 0 bridgehead atoms. The van der Waals surface area contributed by atoms with Gasteiger partial charge in [0.25, 0.3) is 11.8 Å². The third-order valence-electron chi connectivity index (χ3n) is 7.48. The van der Waals surface area contributed by atoms with Gasteiger partial charge >= 0.3 is 11.9 Å². The number of ether oxygens (including phenoxy) is 3. The van der Waals surface area contributed by atoms with Crippen LogP contribution in [-0.2, 0) is 46.3 Å². The molecule has 1 heterocycles. The van der Waals surface area contributed by atoms with Crippen molar-refractivity contribution in [1.29, 1.82) is 0 Å². The zero-order chi connectivity index (χ0) is 33.8. The Labute approximate surface area is 267 Å². The number of piperazine rings is 1. The van der Waals surface area contributed by atoms with E-state index >= 15 is 0 Å². The molecule has 3 N–H and O–H groups in total. The fourth-order valence-electron chi connectivity index (χ4n) is 4.80. The summed E-state index contributed by atoms with van der Waals surface area (Å²) in [5, 5.41) is 2.80. The largest absolute Gasteiger partial charge is 0.497 e. The molecule has 1 fully saturated rings. The Kier molecular flexibility index (Phi) is 13.1. The molecule has 14 heteroatoms. The molecule has 2 aromatic rings. The Balaban J connectivity index is 1.85. The molecule has 248 valence electrons. The Morgan fingerprint density at radius 1 is 0.957 bits per heavy atom. The number of rotatable bonds is 14. The van der Waals surface area contributed by atoms with Gasteiger partial charge in [0.15, 0.2) is 6.61 Å². The second-order valence-corrected chi connectivity index (χ2v) is 10.9. The number of benzene rings is 2. The Hall–Kier alpha value is -4.98. The number of hydrogen-bond acceptors (Lipinski definition) is 10. The summed E-state index contributed by atoms with van der Waals surface area (Å²) < 4.78 is 15.0. The van der Waals surface area contributed by atoms with Crippen LogP contribution in [0.5, 0.6) is 5.75 Å². The van der Waals surface area contributed by atoms with E-state index in [-0.39, 0.29) is 19.5 Å². The highest BCUT2D eigenvalue weighted by Gasteiger charge is 2.42. The van der Waals surface area contributed by atoms with Crippen LogP contribution in [-0.4, -0.2) is 123 Å². The minimum absolute atomic E-state index is 0.0427. The third-order valence-corrected chi connectivity index (χ3v) is 7.48. The monoisotopic (exact) mass is 639 g/mol. The first-order chi connectivity index (χ1) is 22.0.